The smallest absolute Gasteiger partial charge is 0.230 e. The van der Waals surface area contributed by atoms with Crippen molar-refractivity contribution < 1.29 is 4.79 Å². The largest absolute Gasteiger partial charge is 0.325 e. The summed E-state index contributed by atoms with van der Waals surface area (Å²) in [7, 11) is 0. The molecule has 0 spiro atoms. The maximum Gasteiger partial charge on any atom is 0.230 e. The number of hydrogen-bond acceptors (Lipinski definition) is 2. The van der Waals surface area contributed by atoms with E-state index in [0.717, 1.165) is 36.1 Å². The Bertz CT molecular complexity index is 499. The number of benzene rings is 1. The first-order valence-corrected chi connectivity index (χ1v) is 8.05. The lowest BCUT2D eigenvalue weighted by atomic mass is 9.74. The number of anilines is 1. The molecule has 2 rings (SSSR count). The molecule has 110 valence electrons. The summed E-state index contributed by atoms with van der Waals surface area (Å²) in [5.41, 5.74) is 0.314. The Kier molecular flexibility index (Phi) is 5.10. The molecule has 0 aromatic heterocycles. The highest BCUT2D eigenvalue weighted by atomic mass is 79.9. The average molecular weight is 360 g/mol. The van der Waals surface area contributed by atoms with Gasteiger partial charge in [0.25, 0.3) is 0 Å². The summed E-state index contributed by atoms with van der Waals surface area (Å²) in [6.07, 6.45) is 2.21. The normalized spacial score (nSPS) is 19.7. The van der Waals surface area contributed by atoms with Crippen LogP contribution in [0.3, 0.4) is 0 Å². The Labute approximate surface area is 133 Å². The van der Waals surface area contributed by atoms with Gasteiger partial charge in [0.05, 0.1) is 5.69 Å². The molecule has 20 heavy (non-hydrogen) atoms. The van der Waals surface area contributed by atoms with Crippen molar-refractivity contribution in [1.29, 1.82) is 0 Å². The van der Waals surface area contributed by atoms with Gasteiger partial charge in [-0.2, -0.15) is 0 Å². The van der Waals surface area contributed by atoms with E-state index >= 15 is 0 Å². The predicted octanol–water partition coefficient (Wildman–Crippen LogP) is 4.07. The van der Waals surface area contributed by atoms with Gasteiger partial charge in [0.1, 0.15) is 0 Å². The summed E-state index contributed by atoms with van der Waals surface area (Å²) in [5, 5.41) is 6.97. The Hall–Kier alpha value is -0.580. The van der Waals surface area contributed by atoms with E-state index in [1.165, 1.54) is 0 Å². The fraction of sp³-hybridized carbons (Fsp3) is 0.533. The van der Waals surface area contributed by atoms with Gasteiger partial charge in [0.2, 0.25) is 5.91 Å². The molecule has 1 saturated heterocycles. The summed E-state index contributed by atoms with van der Waals surface area (Å²) in [5.74, 6) is 0.392. The van der Waals surface area contributed by atoms with Crippen molar-refractivity contribution in [3.63, 3.8) is 0 Å². The van der Waals surface area contributed by atoms with E-state index in [9.17, 15) is 4.79 Å². The van der Waals surface area contributed by atoms with Crippen LogP contribution in [0, 0.1) is 11.3 Å². The fourth-order valence-electron chi connectivity index (χ4n) is 2.53. The molecule has 3 nitrogen and oxygen atoms in total. The first kappa shape index (κ1) is 15.8. The van der Waals surface area contributed by atoms with Crippen molar-refractivity contribution in [2.24, 2.45) is 11.3 Å². The highest BCUT2D eigenvalue weighted by Crippen LogP contribution is 2.34. The number of rotatable bonds is 3. The van der Waals surface area contributed by atoms with Crippen molar-refractivity contribution >= 4 is 39.1 Å². The third-order valence-corrected chi connectivity index (χ3v) is 5.01. The van der Waals surface area contributed by atoms with Crippen LogP contribution < -0.4 is 10.6 Å². The van der Waals surface area contributed by atoms with Gasteiger partial charge in [-0.05, 0) is 66.0 Å². The zero-order chi connectivity index (χ0) is 14.8. The van der Waals surface area contributed by atoms with Crippen LogP contribution in [0.4, 0.5) is 5.69 Å². The molecular formula is C15H20BrClN2O. The fourth-order valence-corrected chi connectivity index (χ4v) is 3.05. The number of carbonyl (C=O) groups excluding carboxylic acids is 1. The number of halogens is 2. The van der Waals surface area contributed by atoms with Gasteiger partial charge in [-0.25, -0.2) is 0 Å². The Morgan fingerprint density at radius 3 is 2.90 bits per heavy atom. The zero-order valence-corrected chi connectivity index (χ0v) is 14.1. The highest BCUT2D eigenvalue weighted by Gasteiger charge is 2.37. The van der Waals surface area contributed by atoms with Gasteiger partial charge in [-0.15, -0.1) is 0 Å². The molecule has 1 amide bonds. The molecular weight excluding hydrogens is 340 g/mol. The Balaban J connectivity index is 2.11. The van der Waals surface area contributed by atoms with Crippen LogP contribution in [0.2, 0.25) is 5.02 Å². The van der Waals surface area contributed by atoms with Gasteiger partial charge in [0, 0.05) is 14.9 Å². The Morgan fingerprint density at radius 1 is 1.50 bits per heavy atom. The van der Waals surface area contributed by atoms with E-state index in [4.69, 9.17) is 11.6 Å². The van der Waals surface area contributed by atoms with Crippen LogP contribution in [-0.4, -0.2) is 19.0 Å². The average Bonchev–Trinajstić information content (AvgIpc) is 2.43. The lowest BCUT2D eigenvalue weighted by Crippen LogP contribution is -2.44. The van der Waals surface area contributed by atoms with Gasteiger partial charge in [-0.3, -0.25) is 4.79 Å². The van der Waals surface area contributed by atoms with Gasteiger partial charge in [0.15, 0.2) is 0 Å². The minimum absolute atomic E-state index is 0.0363. The quantitative estimate of drug-likeness (QED) is 0.854. The summed E-state index contributed by atoms with van der Waals surface area (Å²) in [6.45, 7) is 5.97. The number of nitrogens with one attached hydrogen (secondary N) is 2. The molecule has 1 unspecified atom stereocenters. The maximum absolute atomic E-state index is 12.6. The molecule has 1 aromatic rings. The van der Waals surface area contributed by atoms with E-state index in [1.54, 1.807) is 12.1 Å². The van der Waals surface area contributed by atoms with E-state index in [2.05, 4.69) is 26.6 Å². The number of hydrogen-bond donors (Lipinski definition) is 2. The summed E-state index contributed by atoms with van der Waals surface area (Å²) in [4.78, 5) is 12.6. The monoisotopic (exact) mass is 358 g/mol. The minimum atomic E-state index is -0.408. The van der Waals surface area contributed by atoms with Crippen molar-refractivity contribution in [1.82, 2.24) is 5.32 Å². The lowest BCUT2D eigenvalue weighted by molar-refractivity contribution is -0.127. The molecule has 1 aliphatic heterocycles. The first-order valence-electron chi connectivity index (χ1n) is 6.88. The molecule has 0 bridgehead atoms. The van der Waals surface area contributed by atoms with Crippen LogP contribution in [-0.2, 0) is 4.79 Å². The number of amides is 1. The zero-order valence-electron chi connectivity index (χ0n) is 11.8. The van der Waals surface area contributed by atoms with E-state index in [1.807, 2.05) is 19.9 Å². The molecule has 0 saturated carbocycles. The molecule has 1 aliphatic rings. The van der Waals surface area contributed by atoms with Gasteiger partial charge < -0.3 is 10.6 Å². The molecule has 1 heterocycles. The molecule has 5 heteroatoms. The van der Waals surface area contributed by atoms with E-state index in [0.29, 0.717) is 10.9 Å². The second-order valence-corrected chi connectivity index (χ2v) is 7.13. The second kappa shape index (κ2) is 6.46. The minimum Gasteiger partial charge on any atom is -0.325 e. The number of piperidine rings is 1. The van der Waals surface area contributed by atoms with Crippen molar-refractivity contribution in [2.45, 2.75) is 26.7 Å². The van der Waals surface area contributed by atoms with Crippen molar-refractivity contribution in [3.8, 4) is 0 Å². The molecule has 1 fully saturated rings. The SMILES string of the molecule is CC(C)(C(=O)Nc1cc(Cl)ccc1Br)C1CCCNC1. The Morgan fingerprint density at radius 2 is 2.25 bits per heavy atom. The van der Waals surface area contributed by atoms with Crippen molar-refractivity contribution in [3.05, 3.63) is 27.7 Å². The molecule has 2 N–H and O–H groups in total. The van der Waals surface area contributed by atoms with Crippen LogP contribution in [0.5, 0.6) is 0 Å². The third-order valence-electron chi connectivity index (χ3n) is 4.08. The molecule has 0 radical (unpaired) electrons. The first-order chi connectivity index (χ1) is 9.41. The van der Waals surface area contributed by atoms with Crippen LogP contribution in [0.15, 0.2) is 22.7 Å². The standard InChI is InChI=1S/C15H20BrClN2O/c1-15(2,10-4-3-7-18-9-10)14(20)19-13-8-11(17)5-6-12(13)16/h5-6,8,10,18H,3-4,7,9H2,1-2H3,(H,19,20). The topological polar surface area (TPSA) is 41.1 Å². The molecule has 0 aliphatic carbocycles. The van der Waals surface area contributed by atoms with Crippen LogP contribution in [0.1, 0.15) is 26.7 Å². The molecule has 1 atom stereocenters. The predicted molar refractivity (Wildman–Crippen MR) is 87.2 cm³/mol. The maximum atomic E-state index is 12.6. The van der Waals surface area contributed by atoms with Gasteiger partial charge >= 0.3 is 0 Å². The summed E-state index contributed by atoms with van der Waals surface area (Å²) >= 11 is 9.42. The second-order valence-electron chi connectivity index (χ2n) is 5.84. The highest BCUT2D eigenvalue weighted by molar-refractivity contribution is 9.10. The van der Waals surface area contributed by atoms with Crippen LogP contribution >= 0.6 is 27.5 Å². The summed E-state index contributed by atoms with van der Waals surface area (Å²) in [6, 6.07) is 5.39. The summed E-state index contributed by atoms with van der Waals surface area (Å²) < 4.78 is 0.841. The van der Waals surface area contributed by atoms with E-state index in [-0.39, 0.29) is 5.91 Å². The van der Waals surface area contributed by atoms with Crippen molar-refractivity contribution in [2.75, 3.05) is 18.4 Å². The lowest BCUT2D eigenvalue weighted by Gasteiger charge is -2.36. The third kappa shape index (κ3) is 3.54. The molecule has 1 aromatic carbocycles. The number of carbonyl (C=O) groups is 1. The van der Waals surface area contributed by atoms with E-state index < -0.39 is 5.41 Å². The van der Waals surface area contributed by atoms with Gasteiger partial charge in [-0.1, -0.05) is 25.4 Å². The van der Waals surface area contributed by atoms with Crippen LogP contribution in [0.25, 0.3) is 0 Å².